The zero-order valence-corrected chi connectivity index (χ0v) is 10.9. The molecule has 3 rings (SSSR count). The summed E-state index contributed by atoms with van der Waals surface area (Å²) in [6.45, 7) is 1.99. The van der Waals surface area contributed by atoms with Crippen molar-refractivity contribution < 1.29 is 9.59 Å². The molecule has 2 amide bonds. The molecule has 4 nitrogen and oxygen atoms in total. The Morgan fingerprint density at radius 3 is 2.68 bits per heavy atom. The van der Waals surface area contributed by atoms with E-state index >= 15 is 0 Å². The van der Waals surface area contributed by atoms with Gasteiger partial charge in [-0.15, -0.1) is 0 Å². The first kappa shape index (κ1) is 12.4. The third-order valence-corrected chi connectivity index (χ3v) is 4.15. The molecule has 1 spiro atoms. The SMILES string of the molecule is O=C1CC2(CCCNC2)C(=O)N1Cc1ccccc1. The van der Waals surface area contributed by atoms with E-state index in [4.69, 9.17) is 0 Å². The van der Waals surface area contributed by atoms with Crippen molar-refractivity contribution in [1.82, 2.24) is 10.2 Å². The molecule has 0 aliphatic carbocycles. The van der Waals surface area contributed by atoms with E-state index in [1.165, 1.54) is 4.90 Å². The molecule has 2 fully saturated rings. The summed E-state index contributed by atoms with van der Waals surface area (Å²) < 4.78 is 0. The Balaban J connectivity index is 1.79. The van der Waals surface area contributed by atoms with Gasteiger partial charge in [-0.2, -0.15) is 0 Å². The zero-order valence-electron chi connectivity index (χ0n) is 10.9. The fraction of sp³-hybridized carbons (Fsp3) is 0.467. The Morgan fingerprint density at radius 1 is 1.21 bits per heavy atom. The second kappa shape index (κ2) is 4.78. The van der Waals surface area contributed by atoms with Crippen molar-refractivity contribution in [2.75, 3.05) is 13.1 Å². The predicted octanol–water partition coefficient (Wildman–Crippen LogP) is 1.32. The second-order valence-corrected chi connectivity index (χ2v) is 5.51. The summed E-state index contributed by atoms with van der Waals surface area (Å²) in [6, 6.07) is 9.69. The van der Waals surface area contributed by atoms with Gasteiger partial charge in [-0.3, -0.25) is 14.5 Å². The molecule has 2 saturated heterocycles. The third kappa shape index (κ3) is 2.16. The zero-order chi connectivity index (χ0) is 13.3. The van der Waals surface area contributed by atoms with Gasteiger partial charge in [0.05, 0.1) is 12.0 Å². The lowest BCUT2D eigenvalue weighted by Gasteiger charge is -2.31. The van der Waals surface area contributed by atoms with Crippen molar-refractivity contribution in [3.05, 3.63) is 35.9 Å². The molecule has 1 unspecified atom stereocenters. The van der Waals surface area contributed by atoms with Crippen molar-refractivity contribution in [3.63, 3.8) is 0 Å². The van der Waals surface area contributed by atoms with Crippen LogP contribution in [0.1, 0.15) is 24.8 Å². The molecule has 0 radical (unpaired) electrons. The van der Waals surface area contributed by atoms with Crippen LogP contribution in [0.5, 0.6) is 0 Å². The van der Waals surface area contributed by atoms with Crippen LogP contribution < -0.4 is 5.32 Å². The van der Waals surface area contributed by atoms with Gasteiger partial charge in [0.1, 0.15) is 0 Å². The van der Waals surface area contributed by atoms with Crippen LogP contribution in [0.2, 0.25) is 0 Å². The first-order valence-electron chi connectivity index (χ1n) is 6.81. The average Bonchev–Trinajstić information content (AvgIpc) is 2.66. The van der Waals surface area contributed by atoms with E-state index in [9.17, 15) is 9.59 Å². The maximum absolute atomic E-state index is 12.6. The molecule has 4 heteroatoms. The van der Waals surface area contributed by atoms with E-state index in [0.717, 1.165) is 24.9 Å². The third-order valence-electron chi connectivity index (χ3n) is 4.15. The number of amides is 2. The summed E-state index contributed by atoms with van der Waals surface area (Å²) in [5, 5.41) is 3.25. The van der Waals surface area contributed by atoms with Crippen LogP contribution in [0.4, 0.5) is 0 Å². The Labute approximate surface area is 112 Å². The van der Waals surface area contributed by atoms with Gasteiger partial charge in [-0.1, -0.05) is 30.3 Å². The van der Waals surface area contributed by atoms with Crippen molar-refractivity contribution in [2.24, 2.45) is 5.41 Å². The highest BCUT2D eigenvalue weighted by atomic mass is 16.2. The minimum Gasteiger partial charge on any atom is -0.316 e. The molecule has 1 atom stereocenters. The van der Waals surface area contributed by atoms with Gasteiger partial charge in [0.2, 0.25) is 11.8 Å². The van der Waals surface area contributed by atoms with Crippen LogP contribution >= 0.6 is 0 Å². The monoisotopic (exact) mass is 258 g/mol. The molecule has 1 aromatic rings. The molecule has 0 aromatic heterocycles. The van der Waals surface area contributed by atoms with Gasteiger partial charge in [0.15, 0.2) is 0 Å². The molecule has 0 saturated carbocycles. The van der Waals surface area contributed by atoms with Crippen LogP contribution in [-0.2, 0) is 16.1 Å². The van der Waals surface area contributed by atoms with E-state index in [-0.39, 0.29) is 11.8 Å². The van der Waals surface area contributed by atoms with Gasteiger partial charge >= 0.3 is 0 Å². The van der Waals surface area contributed by atoms with E-state index in [0.29, 0.717) is 19.5 Å². The fourth-order valence-electron chi connectivity index (χ4n) is 3.09. The number of imide groups is 1. The molecule has 0 bridgehead atoms. The fourth-order valence-corrected chi connectivity index (χ4v) is 3.09. The van der Waals surface area contributed by atoms with E-state index in [2.05, 4.69) is 5.32 Å². The number of nitrogens with one attached hydrogen (secondary N) is 1. The number of likely N-dealkylation sites (tertiary alicyclic amines) is 1. The number of hydrogen-bond acceptors (Lipinski definition) is 3. The Hall–Kier alpha value is -1.68. The first-order chi connectivity index (χ1) is 9.21. The second-order valence-electron chi connectivity index (χ2n) is 5.51. The molecular weight excluding hydrogens is 240 g/mol. The molecule has 100 valence electrons. The van der Waals surface area contributed by atoms with Gasteiger partial charge in [0, 0.05) is 13.0 Å². The number of hydrogen-bond donors (Lipinski definition) is 1. The summed E-state index contributed by atoms with van der Waals surface area (Å²) >= 11 is 0. The van der Waals surface area contributed by atoms with Crippen molar-refractivity contribution in [2.45, 2.75) is 25.8 Å². The molecule has 2 aliphatic rings. The number of carbonyl (C=O) groups is 2. The van der Waals surface area contributed by atoms with Crippen molar-refractivity contribution >= 4 is 11.8 Å². The lowest BCUT2D eigenvalue weighted by Crippen LogP contribution is -2.45. The Bertz CT molecular complexity index is 492. The largest absolute Gasteiger partial charge is 0.316 e. The number of benzene rings is 1. The predicted molar refractivity (Wildman–Crippen MR) is 71.2 cm³/mol. The van der Waals surface area contributed by atoms with Crippen LogP contribution in [0.25, 0.3) is 0 Å². The average molecular weight is 258 g/mol. The van der Waals surface area contributed by atoms with Crippen molar-refractivity contribution in [3.8, 4) is 0 Å². The lowest BCUT2D eigenvalue weighted by atomic mass is 9.79. The lowest BCUT2D eigenvalue weighted by molar-refractivity contribution is -0.142. The standard InChI is InChI=1S/C15H18N2O2/c18-13-9-15(7-4-8-16-11-15)14(19)17(13)10-12-5-2-1-3-6-12/h1-3,5-6,16H,4,7-11H2. The normalized spacial score (nSPS) is 27.3. The summed E-state index contributed by atoms with van der Waals surface area (Å²) in [5.41, 5.74) is 0.537. The minimum atomic E-state index is -0.468. The summed E-state index contributed by atoms with van der Waals surface area (Å²) in [7, 11) is 0. The van der Waals surface area contributed by atoms with Crippen LogP contribution in [0, 0.1) is 5.41 Å². The number of rotatable bonds is 2. The van der Waals surface area contributed by atoms with Gasteiger partial charge in [-0.05, 0) is 24.9 Å². The van der Waals surface area contributed by atoms with Crippen LogP contribution in [0.3, 0.4) is 0 Å². The highest BCUT2D eigenvalue weighted by Gasteiger charge is 2.51. The van der Waals surface area contributed by atoms with Crippen molar-refractivity contribution in [1.29, 1.82) is 0 Å². The molecule has 1 N–H and O–H groups in total. The number of piperidine rings is 1. The highest BCUT2D eigenvalue weighted by Crippen LogP contribution is 2.39. The van der Waals surface area contributed by atoms with E-state index < -0.39 is 5.41 Å². The smallest absolute Gasteiger partial charge is 0.237 e. The van der Waals surface area contributed by atoms with Crippen LogP contribution in [-0.4, -0.2) is 29.8 Å². The Kier molecular flexibility index (Phi) is 3.11. The van der Waals surface area contributed by atoms with E-state index in [1.54, 1.807) is 0 Å². The van der Waals surface area contributed by atoms with Gasteiger partial charge < -0.3 is 5.32 Å². The molecule has 2 heterocycles. The first-order valence-corrected chi connectivity index (χ1v) is 6.81. The number of carbonyl (C=O) groups excluding carboxylic acids is 2. The number of nitrogens with zero attached hydrogens (tertiary/aromatic N) is 1. The highest BCUT2D eigenvalue weighted by molar-refractivity contribution is 6.06. The minimum absolute atomic E-state index is 0.00792. The summed E-state index contributed by atoms with van der Waals surface area (Å²) in [4.78, 5) is 26.1. The summed E-state index contributed by atoms with van der Waals surface area (Å²) in [6.07, 6.45) is 2.17. The summed E-state index contributed by atoms with van der Waals surface area (Å²) in [5.74, 6) is -0.0221. The van der Waals surface area contributed by atoms with Crippen LogP contribution in [0.15, 0.2) is 30.3 Å². The Morgan fingerprint density at radius 2 is 2.00 bits per heavy atom. The molecule has 19 heavy (non-hydrogen) atoms. The van der Waals surface area contributed by atoms with Gasteiger partial charge in [-0.25, -0.2) is 0 Å². The molecule has 2 aliphatic heterocycles. The maximum atomic E-state index is 12.6. The molecular formula is C15H18N2O2. The molecule has 1 aromatic carbocycles. The quantitative estimate of drug-likeness (QED) is 0.814. The maximum Gasteiger partial charge on any atom is 0.237 e. The van der Waals surface area contributed by atoms with Gasteiger partial charge in [0.25, 0.3) is 0 Å². The van der Waals surface area contributed by atoms with E-state index in [1.807, 2.05) is 30.3 Å². The topological polar surface area (TPSA) is 49.4 Å².